The number of aliphatic hydroxyl groups excluding tert-OH is 1. The number of carbonyl (C=O) groups excluding carboxylic acids is 1. The summed E-state index contributed by atoms with van der Waals surface area (Å²) >= 11 is 0. The molecule has 1 aliphatic rings. The Balaban J connectivity index is 1.83. The normalized spacial score (nSPS) is 21.5. The first kappa shape index (κ1) is 14.9. The molecule has 22 heavy (non-hydrogen) atoms. The Labute approximate surface area is 130 Å². The zero-order valence-electron chi connectivity index (χ0n) is 12.7. The van der Waals surface area contributed by atoms with Crippen LogP contribution in [0.2, 0.25) is 0 Å². The number of methoxy groups -OCH3 is 1. The van der Waals surface area contributed by atoms with Gasteiger partial charge in [0.15, 0.2) is 0 Å². The summed E-state index contributed by atoms with van der Waals surface area (Å²) in [6.45, 7) is 0. The summed E-state index contributed by atoms with van der Waals surface area (Å²) in [6, 6.07) is 11.8. The van der Waals surface area contributed by atoms with E-state index in [9.17, 15) is 9.90 Å². The summed E-state index contributed by atoms with van der Waals surface area (Å²) in [6.07, 6.45) is 2.92. The summed E-state index contributed by atoms with van der Waals surface area (Å²) in [5.74, 6) is 0.482. The highest BCUT2D eigenvalue weighted by atomic mass is 16.5. The van der Waals surface area contributed by atoms with Gasteiger partial charge in [0, 0.05) is 6.04 Å². The van der Waals surface area contributed by atoms with Crippen LogP contribution in [0, 0.1) is 0 Å². The molecule has 0 radical (unpaired) electrons. The van der Waals surface area contributed by atoms with Crippen molar-refractivity contribution in [2.24, 2.45) is 0 Å². The Morgan fingerprint density at radius 1 is 1.14 bits per heavy atom. The van der Waals surface area contributed by atoms with Gasteiger partial charge in [-0.25, -0.2) is 0 Å². The van der Waals surface area contributed by atoms with Crippen molar-refractivity contribution in [3.8, 4) is 5.75 Å². The van der Waals surface area contributed by atoms with E-state index in [2.05, 4.69) is 5.32 Å². The summed E-state index contributed by atoms with van der Waals surface area (Å²) < 4.78 is 5.38. The van der Waals surface area contributed by atoms with Crippen LogP contribution in [0.25, 0.3) is 10.8 Å². The quantitative estimate of drug-likeness (QED) is 0.916. The van der Waals surface area contributed by atoms with Crippen LogP contribution in [0.5, 0.6) is 5.75 Å². The molecule has 0 aliphatic heterocycles. The molecule has 116 valence electrons. The molecular formula is C18H21NO3. The predicted octanol–water partition coefficient (Wildman–Crippen LogP) is 2.88. The number of rotatable bonds is 3. The zero-order valence-corrected chi connectivity index (χ0v) is 12.7. The fourth-order valence-electron chi connectivity index (χ4n) is 3.05. The lowest BCUT2D eigenvalue weighted by atomic mass is 9.93. The van der Waals surface area contributed by atoms with Gasteiger partial charge in [-0.15, -0.1) is 0 Å². The van der Waals surface area contributed by atoms with E-state index >= 15 is 0 Å². The molecule has 0 atom stereocenters. The molecule has 3 rings (SSSR count). The van der Waals surface area contributed by atoms with Crippen molar-refractivity contribution in [3.05, 3.63) is 42.0 Å². The highest BCUT2D eigenvalue weighted by molar-refractivity contribution is 6.01. The number of aliphatic hydroxyl groups is 1. The third-order valence-electron chi connectivity index (χ3n) is 4.34. The van der Waals surface area contributed by atoms with Crippen molar-refractivity contribution < 1.29 is 14.6 Å². The second kappa shape index (κ2) is 6.36. The SMILES string of the molecule is COc1cc2ccccc2cc1C(=O)NC1CCC(O)CC1. The standard InChI is InChI=1S/C18H21NO3/c1-22-17-11-13-5-3-2-4-12(13)10-16(17)18(21)19-14-6-8-15(20)9-7-14/h2-5,10-11,14-15,20H,6-9H2,1H3,(H,19,21). The summed E-state index contributed by atoms with van der Waals surface area (Å²) in [7, 11) is 1.58. The maximum absolute atomic E-state index is 12.6. The zero-order chi connectivity index (χ0) is 15.5. The minimum Gasteiger partial charge on any atom is -0.496 e. The van der Waals surface area contributed by atoms with Crippen LogP contribution >= 0.6 is 0 Å². The van der Waals surface area contributed by atoms with Crippen molar-refractivity contribution in [1.82, 2.24) is 5.32 Å². The summed E-state index contributed by atoms with van der Waals surface area (Å²) in [4.78, 5) is 12.6. The second-order valence-electron chi connectivity index (χ2n) is 5.88. The lowest BCUT2D eigenvalue weighted by Gasteiger charge is -2.26. The monoisotopic (exact) mass is 299 g/mol. The first-order valence-electron chi connectivity index (χ1n) is 7.73. The van der Waals surface area contributed by atoms with Crippen LogP contribution in [0.4, 0.5) is 0 Å². The third-order valence-corrected chi connectivity index (χ3v) is 4.34. The molecular weight excluding hydrogens is 278 g/mol. The van der Waals surface area contributed by atoms with E-state index in [0.29, 0.717) is 11.3 Å². The molecule has 1 amide bonds. The average Bonchev–Trinajstić information content (AvgIpc) is 2.55. The number of hydrogen-bond acceptors (Lipinski definition) is 3. The molecule has 1 fully saturated rings. The maximum atomic E-state index is 12.6. The van der Waals surface area contributed by atoms with Crippen LogP contribution in [0.1, 0.15) is 36.0 Å². The topological polar surface area (TPSA) is 58.6 Å². The molecule has 0 bridgehead atoms. The van der Waals surface area contributed by atoms with Gasteiger partial charge >= 0.3 is 0 Å². The number of amides is 1. The van der Waals surface area contributed by atoms with Crippen molar-refractivity contribution in [3.63, 3.8) is 0 Å². The molecule has 4 nitrogen and oxygen atoms in total. The molecule has 0 spiro atoms. The van der Waals surface area contributed by atoms with Crippen molar-refractivity contribution in [2.45, 2.75) is 37.8 Å². The van der Waals surface area contributed by atoms with Gasteiger partial charge < -0.3 is 15.2 Å². The van der Waals surface area contributed by atoms with Crippen molar-refractivity contribution in [2.75, 3.05) is 7.11 Å². The number of carbonyl (C=O) groups is 1. The van der Waals surface area contributed by atoms with Crippen molar-refractivity contribution in [1.29, 1.82) is 0 Å². The Bertz CT molecular complexity index is 675. The Morgan fingerprint density at radius 3 is 2.41 bits per heavy atom. The highest BCUT2D eigenvalue weighted by Gasteiger charge is 2.22. The smallest absolute Gasteiger partial charge is 0.255 e. The van der Waals surface area contributed by atoms with Crippen molar-refractivity contribution >= 4 is 16.7 Å². The number of hydrogen-bond donors (Lipinski definition) is 2. The predicted molar refractivity (Wildman–Crippen MR) is 86.2 cm³/mol. The largest absolute Gasteiger partial charge is 0.496 e. The molecule has 1 saturated carbocycles. The molecule has 2 aromatic rings. The van der Waals surface area contributed by atoms with Gasteiger partial charge in [-0.2, -0.15) is 0 Å². The molecule has 0 unspecified atom stereocenters. The van der Waals surface area contributed by atoms with E-state index in [1.54, 1.807) is 7.11 Å². The second-order valence-corrected chi connectivity index (χ2v) is 5.88. The first-order valence-corrected chi connectivity index (χ1v) is 7.73. The minimum absolute atomic E-state index is 0.107. The molecule has 2 N–H and O–H groups in total. The van der Waals surface area contributed by atoms with Crippen LogP contribution in [-0.4, -0.2) is 30.3 Å². The number of fused-ring (bicyclic) bond motifs is 1. The van der Waals surface area contributed by atoms with E-state index in [-0.39, 0.29) is 18.1 Å². The Kier molecular flexibility index (Phi) is 4.29. The molecule has 2 aromatic carbocycles. The number of ether oxygens (including phenoxy) is 1. The number of benzene rings is 2. The molecule has 0 saturated heterocycles. The van der Waals surface area contributed by atoms with Gasteiger partial charge in [0.2, 0.25) is 0 Å². The van der Waals surface area contributed by atoms with Crippen LogP contribution in [0.3, 0.4) is 0 Å². The fraction of sp³-hybridized carbons (Fsp3) is 0.389. The van der Waals surface area contributed by atoms with Gasteiger partial charge in [0.25, 0.3) is 5.91 Å². The lowest BCUT2D eigenvalue weighted by molar-refractivity contribution is 0.0865. The van der Waals surface area contributed by atoms with E-state index in [1.165, 1.54) is 0 Å². The number of nitrogens with one attached hydrogen (secondary N) is 1. The van der Waals surface area contributed by atoms with Crippen LogP contribution < -0.4 is 10.1 Å². The van der Waals surface area contributed by atoms with E-state index in [4.69, 9.17) is 4.74 Å². The van der Waals surface area contributed by atoms with Crippen LogP contribution in [0.15, 0.2) is 36.4 Å². The fourth-order valence-corrected chi connectivity index (χ4v) is 3.05. The van der Waals surface area contributed by atoms with Gasteiger partial charge in [-0.3, -0.25) is 4.79 Å². The lowest BCUT2D eigenvalue weighted by Crippen LogP contribution is -2.38. The average molecular weight is 299 g/mol. The van der Waals surface area contributed by atoms with Gasteiger partial charge in [0.1, 0.15) is 5.75 Å². The van der Waals surface area contributed by atoms with E-state index < -0.39 is 0 Å². The molecule has 1 aliphatic carbocycles. The van der Waals surface area contributed by atoms with Gasteiger partial charge in [0.05, 0.1) is 18.8 Å². The summed E-state index contributed by atoms with van der Waals surface area (Å²) in [5.41, 5.74) is 0.562. The summed E-state index contributed by atoms with van der Waals surface area (Å²) in [5, 5.41) is 14.7. The minimum atomic E-state index is -0.219. The van der Waals surface area contributed by atoms with Gasteiger partial charge in [-0.1, -0.05) is 24.3 Å². The third kappa shape index (κ3) is 3.07. The van der Waals surface area contributed by atoms with E-state index in [1.807, 2.05) is 36.4 Å². The molecule has 4 heteroatoms. The van der Waals surface area contributed by atoms with Gasteiger partial charge in [-0.05, 0) is 48.6 Å². The molecule has 0 aromatic heterocycles. The maximum Gasteiger partial charge on any atom is 0.255 e. The molecule has 0 heterocycles. The van der Waals surface area contributed by atoms with Crippen LogP contribution in [-0.2, 0) is 0 Å². The van der Waals surface area contributed by atoms with E-state index in [0.717, 1.165) is 36.5 Å². The first-order chi connectivity index (χ1) is 10.7. The Hall–Kier alpha value is -2.07. The highest BCUT2D eigenvalue weighted by Crippen LogP contribution is 2.26. The Morgan fingerprint density at radius 2 is 1.77 bits per heavy atom.